The van der Waals surface area contributed by atoms with Crippen molar-refractivity contribution in [2.45, 2.75) is 46.1 Å². The predicted octanol–water partition coefficient (Wildman–Crippen LogP) is 2.24. The zero-order valence-electron chi connectivity index (χ0n) is 9.45. The highest BCUT2D eigenvalue weighted by atomic mass is 16.8. The van der Waals surface area contributed by atoms with Crippen LogP contribution in [0.3, 0.4) is 0 Å². The Morgan fingerprint density at radius 3 is 2.40 bits per heavy atom. The molecule has 0 radical (unpaired) electrons. The topological polar surface area (TPSA) is 61.8 Å². The van der Waals surface area contributed by atoms with Crippen LogP contribution < -0.4 is 0 Å². The first-order valence-corrected chi connectivity index (χ1v) is 5.05. The number of carbonyl (C=O) groups is 2. The van der Waals surface area contributed by atoms with Gasteiger partial charge in [-0.25, -0.2) is 4.79 Å². The Labute approximate surface area is 89.7 Å². The van der Waals surface area contributed by atoms with Gasteiger partial charge in [-0.2, -0.15) is 0 Å². The van der Waals surface area contributed by atoms with Gasteiger partial charge in [-0.3, -0.25) is 4.79 Å². The fraction of sp³-hybridized carbons (Fsp3) is 0.800. The molecule has 0 bridgehead atoms. The van der Waals surface area contributed by atoms with Crippen LogP contribution in [0.2, 0.25) is 0 Å². The third-order valence-corrected chi connectivity index (χ3v) is 1.46. The number of carbonyl (C=O) groups excluding carboxylic acids is 2. The zero-order valence-corrected chi connectivity index (χ0v) is 9.45. The van der Waals surface area contributed by atoms with Gasteiger partial charge in [0.1, 0.15) is 0 Å². The van der Waals surface area contributed by atoms with Crippen molar-refractivity contribution in [3.05, 3.63) is 0 Å². The first-order chi connectivity index (χ1) is 7.06. The van der Waals surface area contributed by atoms with Gasteiger partial charge in [-0.05, 0) is 20.3 Å². The van der Waals surface area contributed by atoms with E-state index in [-0.39, 0.29) is 18.9 Å². The lowest BCUT2D eigenvalue weighted by Gasteiger charge is -2.08. The van der Waals surface area contributed by atoms with Crippen molar-refractivity contribution in [3.8, 4) is 0 Å². The van der Waals surface area contributed by atoms with Gasteiger partial charge < -0.3 is 14.2 Å². The Bertz CT molecular complexity index is 200. The summed E-state index contributed by atoms with van der Waals surface area (Å²) in [6.45, 7) is 5.00. The van der Waals surface area contributed by atoms with Crippen LogP contribution in [0.4, 0.5) is 4.79 Å². The van der Waals surface area contributed by atoms with E-state index in [4.69, 9.17) is 0 Å². The Kier molecular flexibility index (Phi) is 7.40. The molecule has 0 aromatic heterocycles. The smallest absolute Gasteiger partial charge is 0.431 e. The van der Waals surface area contributed by atoms with Crippen molar-refractivity contribution in [2.75, 3.05) is 6.79 Å². The monoisotopic (exact) mass is 218 g/mol. The largest absolute Gasteiger partial charge is 0.511 e. The maximum absolute atomic E-state index is 11.0. The molecule has 0 N–H and O–H groups in total. The Morgan fingerprint density at radius 2 is 1.87 bits per heavy atom. The van der Waals surface area contributed by atoms with Crippen molar-refractivity contribution in [1.29, 1.82) is 0 Å². The summed E-state index contributed by atoms with van der Waals surface area (Å²) in [5.74, 6) is -0.366. The lowest BCUT2D eigenvalue weighted by molar-refractivity contribution is -0.153. The number of unbranched alkanes of at least 4 members (excludes halogenated alkanes) is 1. The van der Waals surface area contributed by atoms with Gasteiger partial charge >= 0.3 is 12.1 Å². The van der Waals surface area contributed by atoms with Gasteiger partial charge in [-0.1, -0.05) is 13.3 Å². The summed E-state index contributed by atoms with van der Waals surface area (Å²) in [4.78, 5) is 21.8. The van der Waals surface area contributed by atoms with E-state index in [1.165, 1.54) is 0 Å². The molecule has 15 heavy (non-hydrogen) atoms. The standard InChI is InChI=1S/C10H18O5/c1-4-5-6-9(11)13-7-14-10(12)15-8(2)3/h8H,4-7H2,1-3H3. The van der Waals surface area contributed by atoms with Crippen molar-refractivity contribution >= 4 is 12.1 Å². The molecule has 88 valence electrons. The zero-order chi connectivity index (χ0) is 11.7. The predicted molar refractivity (Wildman–Crippen MR) is 53.2 cm³/mol. The van der Waals surface area contributed by atoms with Crippen LogP contribution in [0.15, 0.2) is 0 Å². The molecule has 0 aliphatic carbocycles. The van der Waals surface area contributed by atoms with Gasteiger partial charge in [-0.15, -0.1) is 0 Å². The van der Waals surface area contributed by atoms with Gasteiger partial charge in [0.25, 0.3) is 0 Å². The molecule has 0 fully saturated rings. The van der Waals surface area contributed by atoms with E-state index in [0.717, 1.165) is 12.8 Å². The van der Waals surface area contributed by atoms with E-state index in [2.05, 4.69) is 14.2 Å². The van der Waals surface area contributed by atoms with E-state index < -0.39 is 6.16 Å². The minimum atomic E-state index is -0.826. The highest BCUT2D eigenvalue weighted by molar-refractivity contribution is 5.69. The van der Waals surface area contributed by atoms with E-state index in [1.54, 1.807) is 13.8 Å². The molecule has 0 rings (SSSR count). The van der Waals surface area contributed by atoms with Crippen LogP contribution in [0.1, 0.15) is 40.0 Å². The molecule has 0 heterocycles. The highest BCUT2D eigenvalue weighted by Gasteiger charge is 2.08. The molecule has 0 saturated heterocycles. The summed E-state index contributed by atoms with van der Waals surface area (Å²) in [5, 5.41) is 0. The third-order valence-electron chi connectivity index (χ3n) is 1.46. The molecule has 0 aromatic rings. The van der Waals surface area contributed by atoms with Crippen molar-refractivity contribution in [2.24, 2.45) is 0 Å². The second-order valence-electron chi connectivity index (χ2n) is 3.30. The first kappa shape index (κ1) is 13.7. The average Bonchev–Trinajstić information content (AvgIpc) is 2.13. The summed E-state index contributed by atoms with van der Waals surface area (Å²) < 4.78 is 13.8. The number of hydrogen-bond donors (Lipinski definition) is 0. The fourth-order valence-electron chi connectivity index (χ4n) is 0.763. The van der Waals surface area contributed by atoms with Crippen LogP contribution >= 0.6 is 0 Å². The quantitative estimate of drug-likeness (QED) is 0.505. The normalized spacial score (nSPS) is 9.87. The molecule has 0 aromatic carbocycles. The molecule has 5 nitrogen and oxygen atoms in total. The van der Waals surface area contributed by atoms with E-state index in [1.807, 2.05) is 6.92 Å². The Hall–Kier alpha value is -1.26. The molecule has 0 saturated carbocycles. The minimum Gasteiger partial charge on any atom is -0.431 e. The van der Waals surface area contributed by atoms with Crippen molar-refractivity contribution < 1.29 is 23.8 Å². The van der Waals surface area contributed by atoms with Crippen molar-refractivity contribution in [3.63, 3.8) is 0 Å². The second kappa shape index (κ2) is 8.08. The third kappa shape index (κ3) is 9.05. The van der Waals surface area contributed by atoms with Gasteiger partial charge in [0.15, 0.2) is 0 Å². The number of rotatable bonds is 6. The lowest BCUT2D eigenvalue weighted by atomic mass is 10.3. The molecule has 5 heteroatoms. The summed E-state index contributed by atoms with van der Waals surface area (Å²) >= 11 is 0. The average molecular weight is 218 g/mol. The highest BCUT2D eigenvalue weighted by Crippen LogP contribution is 1.97. The van der Waals surface area contributed by atoms with Gasteiger partial charge in [0, 0.05) is 6.42 Å². The van der Waals surface area contributed by atoms with Crippen LogP contribution in [0, 0.1) is 0 Å². The fourth-order valence-corrected chi connectivity index (χ4v) is 0.763. The summed E-state index contributed by atoms with van der Waals surface area (Å²) in [7, 11) is 0. The van der Waals surface area contributed by atoms with E-state index >= 15 is 0 Å². The molecule has 0 aliphatic rings. The molecule has 0 unspecified atom stereocenters. The number of esters is 1. The molecule has 0 spiro atoms. The number of ether oxygens (including phenoxy) is 3. The number of hydrogen-bond acceptors (Lipinski definition) is 5. The van der Waals surface area contributed by atoms with E-state index in [9.17, 15) is 9.59 Å². The van der Waals surface area contributed by atoms with Crippen LogP contribution in [0.5, 0.6) is 0 Å². The lowest BCUT2D eigenvalue weighted by Crippen LogP contribution is -2.16. The van der Waals surface area contributed by atoms with Crippen LogP contribution in [0.25, 0.3) is 0 Å². The maximum atomic E-state index is 11.0. The molecule has 0 atom stereocenters. The second-order valence-corrected chi connectivity index (χ2v) is 3.30. The minimum absolute atomic E-state index is 0.242. The molecular weight excluding hydrogens is 200 g/mol. The van der Waals surface area contributed by atoms with Crippen molar-refractivity contribution in [1.82, 2.24) is 0 Å². The maximum Gasteiger partial charge on any atom is 0.511 e. The Morgan fingerprint density at radius 1 is 1.20 bits per heavy atom. The van der Waals surface area contributed by atoms with Crippen LogP contribution in [-0.2, 0) is 19.0 Å². The molecular formula is C10H18O5. The summed E-state index contributed by atoms with van der Waals surface area (Å²) in [6, 6.07) is 0. The summed E-state index contributed by atoms with van der Waals surface area (Å²) in [5.41, 5.74) is 0. The van der Waals surface area contributed by atoms with Crippen LogP contribution in [-0.4, -0.2) is 25.0 Å². The van der Waals surface area contributed by atoms with Gasteiger partial charge in [0.05, 0.1) is 6.10 Å². The molecule has 0 amide bonds. The Balaban J connectivity index is 3.44. The summed E-state index contributed by atoms with van der Waals surface area (Å²) in [6.07, 6.45) is 0.973. The van der Waals surface area contributed by atoms with E-state index in [0.29, 0.717) is 6.42 Å². The molecule has 0 aliphatic heterocycles. The van der Waals surface area contributed by atoms with Gasteiger partial charge in [0.2, 0.25) is 6.79 Å². The first-order valence-electron chi connectivity index (χ1n) is 5.05. The SMILES string of the molecule is CCCCC(=O)OCOC(=O)OC(C)C.